The van der Waals surface area contributed by atoms with Crippen LogP contribution in [0.1, 0.15) is 25.8 Å². The number of carbonyl (C=O) groups excluding carboxylic acids is 2. The molecule has 1 N–H and O–H groups in total. The number of hydrogen-bond donors (Lipinski definition) is 1. The third-order valence-corrected chi connectivity index (χ3v) is 6.65. The van der Waals surface area contributed by atoms with E-state index < -0.39 is 15.8 Å². The molecule has 1 aliphatic heterocycles. The number of nitrogens with zero attached hydrogens (tertiary/aromatic N) is 1. The normalized spacial score (nSPS) is 18.5. The van der Waals surface area contributed by atoms with Crippen molar-refractivity contribution in [3.63, 3.8) is 0 Å². The lowest BCUT2D eigenvalue weighted by Gasteiger charge is -2.29. The highest BCUT2D eigenvalue weighted by Crippen LogP contribution is 2.20. The number of esters is 1. The van der Waals surface area contributed by atoms with E-state index in [0.717, 1.165) is 16.5 Å². The maximum Gasteiger partial charge on any atom is 0.310 e. The molecule has 1 aromatic heterocycles. The van der Waals surface area contributed by atoms with E-state index in [0.29, 0.717) is 13.0 Å². The predicted octanol–water partition coefficient (Wildman–Crippen LogP) is 1.93. The fraction of sp³-hybridized carbons (Fsp3) is 0.500. The number of fused-ring (bicyclic) bond motifs is 1. The molecular weight excluding hydrogens is 380 g/mol. The maximum atomic E-state index is 12.6. The summed E-state index contributed by atoms with van der Waals surface area (Å²) in [7, 11) is -3.10. The summed E-state index contributed by atoms with van der Waals surface area (Å²) in [5.74, 6) is -0.562. The van der Waals surface area contributed by atoms with Gasteiger partial charge in [-0.05, 0) is 24.0 Å². The number of aromatic nitrogens is 1. The Morgan fingerprint density at radius 3 is 2.71 bits per heavy atom. The lowest BCUT2D eigenvalue weighted by atomic mass is 10.1. The van der Waals surface area contributed by atoms with Gasteiger partial charge in [-0.25, -0.2) is 8.42 Å². The Balaban J connectivity index is 1.59. The van der Waals surface area contributed by atoms with Crippen molar-refractivity contribution in [1.29, 1.82) is 0 Å². The van der Waals surface area contributed by atoms with Crippen LogP contribution in [0.5, 0.6) is 0 Å². The van der Waals surface area contributed by atoms with Gasteiger partial charge in [0.05, 0.1) is 17.9 Å². The molecule has 0 saturated carbocycles. The Kier molecular flexibility index (Phi) is 6.07. The van der Waals surface area contributed by atoms with E-state index in [1.807, 2.05) is 38.1 Å². The summed E-state index contributed by atoms with van der Waals surface area (Å²) in [6, 6.07) is 7.31. The molecule has 152 valence electrons. The third-order valence-electron chi connectivity index (χ3n) is 4.90. The van der Waals surface area contributed by atoms with E-state index in [9.17, 15) is 18.0 Å². The van der Waals surface area contributed by atoms with Crippen LogP contribution in [0.4, 0.5) is 0 Å². The van der Waals surface area contributed by atoms with Crippen molar-refractivity contribution in [3.8, 4) is 0 Å². The minimum atomic E-state index is -3.10. The van der Waals surface area contributed by atoms with Crippen LogP contribution < -0.4 is 0 Å². The van der Waals surface area contributed by atoms with Gasteiger partial charge in [0.25, 0.3) is 5.91 Å². The number of rotatable bonds is 7. The Hall–Kier alpha value is -2.35. The molecule has 1 atom stereocenters. The first-order chi connectivity index (χ1) is 13.2. The first-order valence-electron chi connectivity index (χ1n) is 9.45. The summed E-state index contributed by atoms with van der Waals surface area (Å²) in [6.07, 6.45) is 2.27. The predicted molar refractivity (Wildman–Crippen MR) is 107 cm³/mol. The number of hydrogen-bond acceptors (Lipinski definition) is 5. The standard InChI is InChI=1S/C20H26N2O5S/c1-14(2)11-22(16-7-8-28(25,26)13-16)19(23)12-27-20(24)9-15-10-21-18-6-4-3-5-17(15)18/h3-6,10,14,16,21H,7-9,11-13H2,1-2H3/t16-/m0/s1. The van der Waals surface area contributed by atoms with Gasteiger partial charge in [-0.1, -0.05) is 32.0 Å². The van der Waals surface area contributed by atoms with Crippen LogP contribution in [0.3, 0.4) is 0 Å². The second-order valence-electron chi connectivity index (χ2n) is 7.69. The summed E-state index contributed by atoms with van der Waals surface area (Å²) < 4.78 is 28.8. The zero-order valence-electron chi connectivity index (χ0n) is 16.2. The van der Waals surface area contributed by atoms with Crippen molar-refractivity contribution in [2.75, 3.05) is 24.7 Å². The molecule has 0 radical (unpaired) electrons. The smallest absolute Gasteiger partial charge is 0.310 e. The Bertz CT molecular complexity index is 964. The second kappa shape index (κ2) is 8.34. The highest BCUT2D eigenvalue weighted by molar-refractivity contribution is 7.91. The number of ether oxygens (including phenoxy) is 1. The van der Waals surface area contributed by atoms with Crippen molar-refractivity contribution in [3.05, 3.63) is 36.0 Å². The lowest BCUT2D eigenvalue weighted by Crippen LogP contribution is -2.45. The van der Waals surface area contributed by atoms with Gasteiger partial charge in [0.15, 0.2) is 16.4 Å². The summed E-state index contributed by atoms with van der Waals surface area (Å²) in [4.78, 5) is 29.5. The SMILES string of the molecule is CC(C)CN(C(=O)COC(=O)Cc1c[nH]c2ccccc12)[C@H]1CCS(=O)(=O)C1. The number of aromatic amines is 1. The quantitative estimate of drug-likeness (QED) is 0.709. The molecule has 1 aromatic carbocycles. The third kappa shape index (κ3) is 4.92. The molecule has 1 aliphatic rings. The molecule has 7 nitrogen and oxygen atoms in total. The molecule has 28 heavy (non-hydrogen) atoms. The molecule has 0 spiro atoms. The van der Waals surface area contributed by atoms with Crippen molar-refractivity contribution >= 4 is 32.6 Å². The molecule has 0 bridgehead atoms. The van der Waals surface area contributed by atoms with Crippen LogP contribution in [-0.4, -0.2) is 60.9 Å². The molecule has 1 amide bonds. The first kappa shape index (κ1) is 20.4. The van der Waals surface area contributed by atoms with Gasteiger partial charge in [0.2, 0.25) is 0 Å². The van der Waals surface area contributed by atoms with Gasteiger partial charge in [-0.2, -0.15) is 0 Å². The van der Waals surface area contributed by atoms with Crippen LogP contribution in [0.25, 0.3) is 10.9 Å². The average molecular weight is 407 g/mol. The fourth-order valence-corrected chi connectivity index (χ4v) is 5.31. The number of benzene rings is 1. The maximum absolute atomic E-state index is 12.6. The van der Waals surface area contributed by atoms with E-state index in [1.54, 1.807) is 11.1 Å². The van der Waals surface area contributed by atoms with Crippen LogP contribution in [0, 0.1) is 5.92 Å². The Morgan fingerprint density at radius 1 is 1.29 bits per heavy atom. The van der Waals surface area contributed by atoms with Gasteiger partial charge < -0.3 is 14.6 Å². The van der Waals surface area contributed by atoms with E-state index >= 15 is 0 Å². The molecule has 0 unspecified atom stereocenters. The molecule has 0 aliphatic carbocycles. The first-order valence-corrected chi connectivity index (χ1v) is 11.3. The largest absolute Gasteiger partial charge is 0.455 e. The van der Waals surface area contributed by atoms with E-state index in [4.69, 9.17) is 4.74 Å². The molecule has 1 fully saturated rings. The minimum absolute atomic E-state index is 0.0191. The van der Waals surface area contributed by atoms with Gasteiger partial charge in [-0.3, -0.25) is 9.59 Å². The number of sulfone groups is 1. The fourth-order valence-electron chi connectivity index (χ4n) is 3.58. The van der Waals surface area contributed by atoms with Crippen LogP contribution >= 0.6 is 0 Å². The van der Waals surface area contributed by atoms with Crippen molar-refractivity contribution in [1.82, 2.24) is 9.88 Å². The van der Waals surface area contributed by atoms with Gasteiger partial charge in [-0.15, -0.1) is 0 Å². The summed E-state index contributed by atoms with van der Waals surface area (Å²) in [5, 5.41) is 0.948. The number of nitrogens with one attached hydrogen (secondary N) is 1. The summed E-state index contributed by atoms with van der Waals surface area (Å²) in [6.45, 7) is 4.00. The van der Waals surface area contributed by atoms with Crippen molar-refractivity contribution < 1.29 is 22.7 Å². The topological polar surface area (TPSA) is 96.5 Å². The molecular formula is C20H26N2O5S. The highest BCUT2D eigenvalue weighted by atomic mass is 32.2. The molecule has 1 saturated heterocycles. The van der Waals surface area contributed by atoms with Crippen LogP contribution in [0.15, 0.2) is 30.5 Å². The average Bonchev–Trinajstić information content (AvgIpc) is 3.20. The minimum Gasteiger partial charge on any atom is -0.455 e. The van der Waals surface area contributed by atoms with Gasteiger partial charge >= 0.3 is 5.97 Å². The summed E-state index contributed by atoms with van der Waals surface area (Å²) in [5.41, 5.74) is 1.75. The van der Waals surface area contributed by atoms with Gasteiger partial charge in [0.1, 0.15) is 0 Å². The van der Waals surface area contributed by atoms with Crippen molar-refractivity contribution in [2.24, 2.45) is 5.92 Å². The van der Waals surface area contributed by atoms with E-state index in [1.165, 1.54) is 0 Å². The summed E-state index contributed by atoms with van der Waals surface area (Å²) >= 11 is 0. The zero-order chi connectivity index (χ0) is 20.3. The molecule has 3 rings (SSSR count). The highest BCUT2D eigenvalue weighted by Gasteiger charge is 2.35. The molecule has 2 heterocycles. The molecule has 8 heteroatoms. The van der Waals surface area contributed by atoms with E-state index in [-0.39, 0.29) is 42.4 Å². The monoisotopic (exact) mass is 406 g/mol. The zero-order valence-corrected chi connectivity index (χ0v) is 17.0. The second-order valence-corrected chi connectivity index (χ2v) is 9.92. The lowest BCUT2D eigenvalue weighted by molar-refractivity contribution is -0.152. The number of H-pyrrole nitrogens is 1. The Morgan fingerprint density at radius 2 is 2.04 bits per heavy atom. The van der Waals surface area contributed by atoms with E-state index in [2.05, 4.69) is 4.98 Å². The number of para-hydroxylation sites is 1. The molecule has 2 aromatic rings. The Labute approximate surface area is 165 Å². The van der Waals surface area contributed by atoms with Crippen LogP contribution in [0.2, 0.25) is 0 Å². The van der Waals surface area contributed by atoms with Crippen LogP contribution in [-0.2, 0) is 30.6 Å². The van der Waals surface area contributed by atoms with Gasteiger partial charge in [0, 0.05) is 29.7 Å². The van der Waals surface area contributed by atoms with Crippen molar-refractivity contribution in [2.45, 2.75) is 32.7 Å². The number of carbonyl (C=O) groups is 2. The number of amides is 1.